The summed E-state index contributed by atoms with van der Waals surface area (Å²) >= 11 is 5.45. The molecule has 43 heavy (non-hydrogen) atoms. The number of nitrogens with one attached hydrogen (secondary N) is 1. The van der Waals surface area contributed by atoms with Crippen molar-refractivity contribution in [3.63, 3.8) is 0 Å². The average molecular weight is 688 g/mol. The Hall–Kier alpha value is -2.15. The summed E-state index contributed by atoms with van der Waals surface area (Å²) in [6, 6.07) is 12.5. The molecule has 0 radical (unpaired) electrons. The molecule has 0 bridgehead atoms. The molecule has 238 valence electrons. The number of carbonyl (C=O) groups is 1. The number of benzene rings is 2. The van der Waals surface area contributed by atoms with E-state index in [-0.39, 0.29) is 31.9 Å². The number of anilines is 2. The molecule has 2 aliphatic rings. The van der Waals surface area contributed by atoms with E-state index >= 15 is 0 Å². The second-order valence-electron chi connectivity index (χ2n) is 12.1. The first-order valence-electron chi connectivity index (χ1n) is 14.8. The Balaban J connectivity index is 1.24. The quantitative estimate of drug-likeness (QED) is 0.272. The zero-order valence-corrected chi connectivity index (χ0v) is 27.4. The van der Waals surface area contributed by atoms with Gasteiger partial charge < -0.3 is 25.0 Å². The van der Waals surface area contributed by atoms with Crippen molar-refractivity contribution in [3.8, 4) is 0 Å². The van der Waals surface area contributed by atoms with Gasteiger partial charge in [-0.25, -0.2) is 4.79 Å². The van der Waals surface area contributed by atoms with Crippen molar-refractivity contribution in [2.75, 3.05) is 61.8 Å². The molecule has 0 saturated carbocycles. The maximum atomic E-state index is 14.1. The van der Waals surface area contributed by atoms with Gasteiger partial charge in [-0.2, -0.15) is 13.2 Å². The molecule has 0 spiro atoms. The van der Waals surface area contributed by atoms with Gasteiger partial charge in [-0.3, -0.25) is 4.90 Å². The molecular weight excluding hydrogens is 645 g/mol. The number of likely N-dealkylation sites (tertiary alicyclic amines) is 1. The summed E-state index contributed by atoms with van der Waals surface area (Å²) in [6.07, 6.45) is -3.22. The summed E-state index contributed by atoms with van der Waals surface area (Å²) in [5.74, 6) is 1.61. The highest BCUT2D eigenvalue weighted by Crippen LogP contribution is 2.39. The van der Waals surface area contributed by atoms with Crippen molar-refractivity contribution in [1.82, 2.24) is 9.80 Å². The molecule has 1 unspecified atom stereocenters. The lowest BCUT2D eigenvalue weighted by molar-refractivity contribution is -0.137. The second-order valence-corrected chi connectivity index (χ2v) is 14.0. The standard InChI is InChI=1S/C31H42BrF3N4O3S/c1-30(2,3)42-29(41)39-18-16-37(17-19-39)26-9-8-23(20-24(26)31(33,34)35)36-13-10-28(40)38-14-11-22(12-15-38)21-43-27-7-5-4-6-25(27)32/h4-9,20,22,28,36,40H,10-19,21H2,1-3H3. The van der Waals surface area contributed by atoms with Crippen LogP contribution >= 0.6 is 27.7 Å². The normalized spacial score (nSPS) is 18.0. The van der Waals surface area contributed by atoms with Crippen molar-refractivity contribution in [3.05, 3.63) is 52.5 Å². The number of amides is 1. The molecule has 2 heterocycles. The van der Waals surface area contributed by atoms with Gasteiger partial charge in [0.2, 0.25) is 0 Å². The Morgan fingerprint density at radius 1 is 1.07 bits per heavy atom. The first kappa shape index (κ1) is 33.7. The number of piperidine rings is 1. The van der Waals surface area contributed by atoms with Crippen LogP contribution in [0, 0.1) is 5.92 Å². The molecular formula is C31H42BrF3N4O3S. The van der Waals surface area contributed by atoms with Crippen LogP contribution in [0.4, 0.5) is 29.3 Å². The summed E-state index contributed by atoms with van der Waals surface area (Å²) in [5.41, 5.74) is -0.889. The minimum absolute atomic E-state index is 0.0996. The number of piperazine rings is 1. The lowest BCUT2D eigenvalue weighted by atomic mass is 9.98. The van der Waals surface area contributed by atoms with E-state index in [1.807, 2.05) is 30.0 Å². The van der Waals surface area contributed by atoms with Crippen LogP contribution in [-0.4, -0.2) is 84.4 Å². The lowest BCUT2D eigenvalue weighted by Crippen LogP contribution is -2.50. The Morgan fingerprint density at radius 2 is 1.74 bits per heavy atom. The van der Waals surface area contributed by atoms with Crippen LogP contribution in [0.5, 0.6) is 0 Å². The molecule has 2 fully saturated rings. The van der Waals surface area contributed by atoms with Gasteiger partial charge in [-0.05, 0) is 85.8 Å². The zero-order valence-electron chi connectivity index (χ0n) is 25.0. The Morgan fingerprint density at radius 3 is 2.37 bits per heavy atom. The van der Waals surface area contributed by atoms with Gasteiger partial charge in [0.15, 0.2) is 0 Å². The fraction of sp³-hybridized carbons (Fsp3) is 0.581. The van der Waals surface area contributed by atoms with Crippen LogP contribution in [-0.2, 0) is 10.9 Å². The van der Waals surface area contributed by atoms with Gasteiger partial charge in [0, 0.05) is 78.7 Å². The number of carbonyl (C=O) groups excluding carboxylic acids is 1. The maximum absolute atomic E-state index is 14.1. The number of hydrogen-bond acceptors (Lipinski definition) is 7. The highest BCUT2D eigenvalue weighted by molar-refractivity contribution is 9.10. The van der Waals surface area contributed by atoms with Crippen molar-refractivity contribution >= 4 is 45.2 Å². The van der Waals surface area contributed by atoms with Crippen molar-refractivity contribution in [2.45, 2.75) is 62.9 Å². The Kier molecular flexibility index (Phi) is 11.6. The predicted molar refractivity (Wildman–Crippen MR) is 170 cm³/mol. The van der Waals surface area contributed by atoms with Crippen molar-refractivity contribution in [1.29, 1.82) is 0 Å². The zero-order chi connectivity index (χ0) is 31.2. The molecule has 0 aliphatic carbocycles. The van der Waals surface area contributed by atoms with Gasteiger partial charge >= 0.3 is 12.3 Å². The average Bonchev–Trinajstić information content (AvgIpc) is 2.96. The Labute approximate surface area is 265 Å². The van der Waals surface area contributed by atoms with Gasteiger partial charge in [-0.1, -0.05) is 12.1 Å². The molecule has 12 heteroatoms. The second kappa shape index (κ2) is 14.8. The largest absolute Gasteiger partial charge is 0.444 e. The van der Waals surface area contributed by atoms with E-state index in [9.17, 15) is 23.1 Å². The van der Waals surface area contributed by atoms with Crippen LogP contribution in [0.1, 0.15) is 45.6 Å². The fourth-order valence-electron chi connectivity index (χ4n) is 5.32. The van der Waals surface area contributed by atoms with Crippen LogP contribution in [0.2, 0.25) is 0 Å². The van der Waals surface area contributed by atoms with E-state index in [1.165, 1.54) is 15.9 Å². The number of rotatable bonds is 9. The number of nitrogens with zero attached hydrogens (tertiary/aromatic N) is 3. The van der Waals surface area contributed by atoms with Crippen LogP contribution < -0.4 is 10.2 Å². The first-order valence-corrected chi connectivity index (χ1v) is 16.6. The number of alkyl halides is 3. The third-order valence-corrected chi connectivity index (χ3v) is 9.95. The number of thioether (sulfide) groups is 1. The smallest absolute Gasteiger partial charge is 0.418 e. The maximum Gasteiger partial charge on any atom is 0.418 e. The number of ether oxygens (including phenoxy) is 1. The highest BCUT2D eigenvalue weighted by atomic mass is 79.9. The fourth-order valence-corrected chi connectivity index (χ4v) is 7.08. The molecule has 1 atom stereocenters. The molecule has 2 aromatic rings. The molecule has 2 aliphatic heterocycles. The minimum atomic E-state index is -4.53. The number of halogens is 4. The molecule has 2 aromatic carbocycles. The van der Waals surface area contributed by atoms with E-state index < -0.39 is 29.7 Å². The lowest BCUT2D eigenvalue weighted by Gasteiger charge is -2.37. The van der Waals surface area contributed by atoms with E-state index in [2.05, 4.69) is 32.2 Å². The van der Waals surface area contributed by atoms with Gasteiger partial charge in [-0.15, -0.1) is 11.8 Å². The summed E-state index contributed by atoms with van der Waals surface area (Å²) in [6.45, 7) is 8.42. The van der Waals surface area contributed by atoms with E-state index in [1.54, 1.807) is 31.7 Å². The SMILES string of the molecule is CC(C)(C)OC(=O)N1CCN(c2ccc(NCCC(O)N3CCC(CSc4ccccc4Br)CC3)cc2C(F)(F)F)CC1. The van der Waals surface area contributed by atoms with E-state index in [0.29, 0.717) is 24.6 Å². The van der Waals surface area contributed by atoms with E-state index in [0.717, 1.165) is 42.2 Å². The molecule has 4 rings (SSSR count). The van der Waals surface area contributed by atoms with Crippen LogP contribution in [0.3, 0.4) is 0 Å². The number of aliphatic hydroxyl groups excluding tert-OH is 1. The summed E-state index contributed by atoms with van der Waals surface area (Å²) < 4.78 is 48.7. The number of hydrogen-bond donors (Lipinski definition) is 2. The van der Waals surface area contributed by atoms with Gasteiger partial charge in [0.05, 0.1) is 5.56 Å². The van der Waals surface area contributed by atoms with Crippen LogP contribution in [0.15, 0.2) is 51.8 Å². The molecule has 0 aromatic heterocycles. The first-order chi connectivity index (χ1) is 20.3. The minimum Gasteiger partial charge on any atom is -0.444 e. The third kappa shape index (κ3) is 9.92. The summed E-state index contributed by atoms with van der Waals surface area (Å²) in [7, 11) is 0. The Bertz CT molecular complexity index is 1210. The monoisotopic (exact) mass is 686 g/mol. The van der Waals surface area contributed by atoms with Crippen LogP contribution in [0.25, 0.3) is 0 Å². The predicted octanol–water partition coefficient (Wildman–Crippen LogP) is 7.15. The third-order valence-electron chi connectivity index (χ3n) is 7.69. The summed E-state index contributed by atoms with van der Waals surface area (Å²) in [4.78, 5) is 18.8. The molecule has 1 amide bonds. The summed E-state index contributed by atoms with van der Waals surface area (Å²) in [5, 5.41) is 13.8. The molecule has 2 saturated heterocycles. The number of aliphatic hydroxyl groups is 1. The topological polar surface area (TPSA) is 68.3 Å². The van der Waals surface area contributed by atoms with Gasteiger partial charge in [0.1, 0.15) is 11.8 Å². The van der Waals surface area contributed by atoms with Gasteiger partial charge in [0.25, 0.3) is 0 Å². The highest BCUT2D eigenvalue weighted by Gasteiger charge is 2.36. The van der Waals surface area contributed by atoms with Crippen molar-refractivity contribution in [2.24, 2.45) is 5.92 Å². The molecule has 2 N–H and O–H groups in total. The molecule has 7 nitrogen and oxygen atoms in total. The van der Waals surface area contributed by atoms with E-state index in [4.69, 9.17) is 4.74 Å². The van der Waals surface area contributed by atoms with Crippen molar-refractivity contribution < 1.29 is 27.8 Å².